The quantitative estimate of drug-likeness (QED) is 0.595. The number of esters is 1. The largest absolute Gasteiger partial charge is 0.461 e. The Hall–Kier alpha value is -1.59. The highest BCUT2D eigenvalue weighted by Gasteiger charge is 2.43. The minimum absolute atomic E-state index is 0.224. The van der Waals surface area contributed by atoms with Gasteiger partial charge in [0, 0.05) is 5.56 Å². The first-order valence-corrected chi connectivity index (χ1v) is 4.40. The summed E-state index contributed by atoms with van der Waals surface area (Å²) in [7, 11) is 0. The van der Waals surface area contributed by atoms with Crippen molar-refractivity contribution < 1.29 is 27.1 Å². The molecule has 1 rings (SSSR count). The third kappa shape index (κ3) is 2.32. The molecule has 0 saturated heterocycles. The molecule has 0 fully saturated rings. The number of hydrogen-bond donors (Lipinski definition) is 0. The van der Waals surface area contributed by atoms with Gasteiger partial charge >= 0.3 is 11.9 Å². The number of ether oxygens (including phenoxy) is 1. The molecule has 0 radical (unpaired) electrons. The number of benzene rings is 1. The highest BCUT2D eigenvalue weighted by Crippen LogP contribution is 2.30. The van der Waals surface area contributed by atoms with Crippen LogP contribution >= 0.6 is 0 Å². The monoisotopic (exact) mass is 236 g/mol. The van der Waals surface area contributed by atoms with Gasteiger partial charge in [0.25, 0.3) is 0 Å². The van der Waals surface area contributed by atoms with Gasteiger partial charge in [-0.25, -0.2) is 13.6 Å². The van der Waals surface area contributed by atoms with Crippen molar-refractivity contribution in [3.8, 4) is 0 Å². The lowest BCUT2D eigenvalue weighted by Gasteiger charge is -2.14. The van der Waals surface area contributed by atoms with E-state index in [0.717, 1.165) is 0 Å². The van der Waals surface area contributed by atoms with Crippen LogP contribution in [0, 0.1) is 11.6 Å². The molecule has 0 spiro atoms. The van der Waals surface area contributed by atoms with E-state index in [1.165, 1.54) is 6.92 Å². The van der Waals surface area contributed by atoms with Gasteiger partial charge in [-0.1, -0.05) is 0 Å². The van der Waals surface area contributed by atoms with Crippen molar-refractivity contribution in [1.82, 2.24) is 0 Å². The predicted octanol–water partition coefficient (Wildman–Crippen LogP) is 2.62. The fourth-order valence-electron chi connectivity index (χ4n) is 1.03. The van der Waals surface area contributed by atoms with Crippen molar-refractivity contribution in [2.45, 2.75) is 12.8 Å². The van der Waals surface area contributed by atoms with Crippen LogP contribution in [0.25, 0.3) is 0 Å². The summed E-state index contributed by atoms with van der Waals surface area (Å²) in [6.45, 7) is 1.14. The highest BCUT2D eigenvalue weighted by molar-refractivity contribution is 5.79. The van der Waals surface area contributed by atoms with Gasteiger partial charge in [-0.15, -0.1) is 0 Å². The smallest absolute Gasteiger partial charge is 0.381 e. The molecule has 2 nitrogen and oxygen atoms in total. The number of rotatable bonds is 3. The van der Waals surface area contributed by atoms with Gasteiger partial charge in [0.15, 0.2) is 11.6 Å². The molecule has 0 aliphatic rings. The Morgan fingerprint density at radius 2 is 1.94 bits per heavy atom. The Balaban J connectivity index is 3.06. The molecule has 0 aliphatic heterocycles. The van der Waals surface area contributed by atoms with Crippen molar-refractivity contribution in [3.63, 3.8) is 0 Å². The third-order valence-electron chi connectivity index (χ3n) is 1.81. The molecule has 1 aromatic rings. The van der Waals surface area contributed by atoms with E-state index in [-0.39, 0.29) is 12.7 Å². The van der Waals surface area contributed by atoms with Crippen molar-refractivity contribution >= 4 is 5.97 Å². The highest BCUT2D eigenvalue weighted by atomic mass is 19.3. The van der Waals surface area contributed by atoms with Gasteiger partial charge in [-0.3, -0.25) is 0 Å². The summed E-state index contributed by atoms with van der Waals surface area (Å²) in [4.78, 5) is 10.9. The van der Waals surface area contributed by atoms with E-state index < -0.39 is 29.1 Å². The average molecular weight is 236 g/mol. The molecular formula is C10H8F4O2. The van der Waals surface area contributed by atoms with Crippen LogP contribution in [0.4, 0.5) is 17.6 Å². The second-order valence-corrected chi connectivity index (χ2v) is 2.92. The minimum Gasteiger partial charge on any atom is -0.461 e. The van der Waals surface area contributed by atoms with Crippen LogP contribution in [0.2, 0.25) is 0 Å². The van der Waals surface area contributed by atoms with Gasteiger partial charge < -0.3 is 4.74 Å². The Kier molecular flexibility index (Phi) is 3.51. The molecule has 0 heterocycles. The summed E-state index contributed by atoms with van der Waals surface area (Å²) >= 11 is 0. The van der Waals surface area contributed by atoms with Gasteiger partial charge in [0.2, 0.25) is 0 Å². The fraction of sp³-hybridized carbons (Fsp3) is 0.300. The van der Waals surface area contributed by atoms with Crippen LogP contribution in [-0.2, 0) is 15.5 Å². The first-order valence-electron chi connectivity index (χ1n) is 4.40. The SMILES string of the molecule is CCOC(=O)C(F)(F)c1ccc(F)c(F)c1. The van der Waals surface area contributed by atoms with Gasteiger partial charge in [0.05, 0.1) is 6.61 Å². The van der Waals surface area contributed by atoms with Crippen LogP contribution in [-0.4, -0.2) is 12.6 Å². The van der Waals surface area contributed by atoms with Crippen molar-refractivity contribution in [3.05, 3.63) is 35.4 Å². The average Bonchev–Trinajstić information content (AvgIpc) is 2.22. The first kappa shape index (κ1) is 12.5. The van der Waals surface area contributed by atoms with E-state index in [9.17, 15) is 22.4 Å². The Bertz CT molecular complexity index is 404. The van der Waals surface area contributed by atoms with E-state index in [2.05, 4.69) is 4.74 Å². The summed E-state index contributed by atoms with van der Waals surface area (Å²) in [6.07, 6.45) is 0. The Morgan fingerprint density at radius 1 is 1.31 bits per heavy atom. The number of halogens is 4. The van der Waals surface area contributed by atoms with Crippen LogP contribution in [0.1, 0.15) is 12.5 Å². The molecule has 1 aromatic carbocycles. The van der Waals surface area contributed by atoms with Crippen LogP contribution in [0.5, 0.6) is 0 Å². The summed E-state index contributed by atoms with van der Waals surface area (Å²) in [5.74, 6) is -8.48. The molecule has 0 aromatic heterocycles. The van der Waals surface area contributed by atoms with Crippen LogP contribution in [0.3, 0.4) is 0 Å². The van der Waals surface area contributed by atoms with E-state index >= 15 is 0 Å². The third-order valence-corrected chi connectivity index (χ3v) is 1.81. The molecule has 0 aliphatic carbocycles. The van der Waals surface area contributed by atoms with Crippen molar-refractivity contribution in [2.75, 3.05) is 6.61 Å². The second kappa shape index (κ2) is 4.51. The number of carbonyl (C=O) groups is 1. The molecular weight excluding hydrogens is 228 g/mol. The standard InChI is InChI=1S/C10H8F4O2/c1-2-16-9(15)10(13,14)6-3-4-7(11)8(12)5-6/h3-5H,2H2,1H3. The molecule has 0 saturated carbocycles. The van der Waals surface area contributed by atoms with Gasteiger partial charge in [-0.05, 0) is 25.1 Å². The molecule has 0 bridgehead atoms. The normalized spacial score (nSPS) is 11.3. The van der Waals surface area contributed by atoms with Crippen LogP contribution < -0.4 is 0 Å². The lowest BCUT2D eigenvalue weighted by molar-refractivity contribution is -0.173. The maximum atomic E-state index is 13.3. The second-order valence-electron chi connectivity index (χ2n) is 2.92. The fourth-order valence-corrected chi connectivity index (χ4v) is 1.03. The number of carbonyl (C=O) groups excluding carboxylic acids is 1. The topological polar surface area (TPSA) is 26.3 Å². The van der Waals surface area contributed by atoms with E-state index in [0.29, 0.717) is 12.1 Å². The summed E-state index contributed by atoms with van der Waals surface area (Å²) in [6, 6.07) is 1.43. The Morgan fingerprint density at radius 3 is 2.44 bits per heavy atom. The minimum atomic E-state index is -3.98. The van der Waals surface area contributed by atoms with E-state index in [1.807, 2.05) is 0 Å². The van der Waals surface area contributed by atoms with E-state index in [1.54, 1.807) is 0 Å². The molecule has 16 heavy (non-hydrogen) atoms. The summed E-state index contributed by atoms with van der Waals surface area (Å²) < 4.78 is 55.9. The molecule has 0 atom stereocenters. The molecule has 6 heteroatoms. The Labute approximate surface area is 88.8 Å². The maximum absolute atomic E-state index is 13.3. The maximum Gasteiger partial charge on any atom is 0.381 e. The first-order chi connectivity index (χ1) is 7.39. The van der Waals surface area contributed by atoms with Crippen LogP contribution in [0.15, 0.2) is 18.2 Å². The zero-order valence-corrected chi connectivity index (χ0v) is 8.27. The summed E-state index contributed by atoms with van der Waals surface area (Å²) in [5.41, 5.74) is -0.940. The molecule has 0 N–H and O–H groups in total. The lowest BCUT2D eigenvalue weighted by atomic mass is 10.1. The summed E-state index contributed by atoms with van der Waals surface area (Å²) in [5, 5.41) is 0. The zero-order valence-electron chi connectivity index (χ0n) is 8.27. The van der Waals surface area contributed by atoms with Crippen molar-refractivity contribution in [1.29, 1.82) is 0 Å². The molecule has 0 unspecified atom stereocenters. The molecule has 88 valence electrons. The molecule has 0 amide bonds. The number of hydrogen-bond acceptors (Lipinski definition) is 2. The predicted molar refractivity (Wildman–Crippen MR) is 46.9 cm³/mol. The lowest BCUT2D eigenvalue weighted by Crippen LogP contribution is -2.28. The van der Waals surface area contributed by atoms with E-state index in [4.69, 9.17) is 0 Å². The zero-order chi connectivity index (χ0) is 12.3. The van der Waals surface area contributed by atoms with Gasteiger partial charge in [0.1, 0.15) is 0 Å². The number of alkyl halides is 2. The van der Waals surface area contributed by atoms with Crippen molar-refractivity contribution in [2.24, 2.45) is 0 Å². The van der Waals surface area contributed by atoms with Gasteiger partial charge in [-0.2, -0.15) is 8.78 Å².